The van der Waals surface area contributed by atoms with Gasteiger partial charge >= 0.3 is 0 Å². The van der Waals surface area contributed by atoms with Gasteiger partial charge in [0.15, 0.2) is 5.65 Å². The summed E-state index contributed by atoms with van der Waals surface area (Å²) >= 11 is 0. The van der Waals surface area contributed by atoms with Gasteiger partial charge in [0, 0.05) is 6.54 Å². The molecule has 0 fully saturated rings. The molecular formula is C10H15N7O. The van der Waals surface area contributed by atoms with E-state index in [4.69, 9.17) is 11.6 Å². The van der Waals surface area contributed by atoms with Gasteiger partial charge in [-0.15, -0.1) is 0 Å². The lowest BCUT2D eigenvalue weighted by Crippen LogP contribution is -2.31. The standard InChI is InChI=1S/C10H15N7O/c1-2-3-4-17-8-6(5-13-17)7(9(18)16-12)14-10(11)15-8/h5H,2-4,12H2,1H3,(H,16,18)(H2,11,14,15). The van der Waals surface area contributed by atoms with E-state index in [1.807, 2.05) is 5.43 Å². The molecule has 2 aromatic heterocycles. The Kier molecular flexibility index (Phi) is 3.38. The number of carbonyl (C=O) groups is 1. The van der Waals surface area contributed by atoms with Crippen LogP contribution in [0.2, 0.25) is 0 Å². The van der Waals surface area contributed by atoms with Crippen molar-refractivity contribution < 1.29 is 4.79 Å². The molecule has 0 spiro atoms. The van der Waals surface area contributed by atoms with Crippen molar-refractivity contribution >= 4 is 22.9 Å². The van der Waals surface area contributed by atoms with Gasteiger partial charge < -0.3 is 5.73 Å². The van der Waals surface area contributed by atoms with Crippen LogP contribution in [0.15, 0.2) is 6.20 Å². The van der Waals surface area contributed by atoms with Gasteiger partial charge in [-0.05, 0) is 6.42 Å². The highest BCUT2D eigenvalue weighted by atomic mass is 16.2. The topological polar surface area (TPSA) is 125 Å². The average molecular weight is 249 g/mol. The van der Waals surface area contributed by atoms with Gasteiger partial charge in [-0.25, -0.2) is 15.5 Å². The Morgan fingerprint density at radius 2 is 2.28 bits per heavy atom. The predicted octanol–water partition coefficient (Wildman–Crippen LogP) is -0.188. The predicted molar refractivity (Wildman–Crippen MR) is 66.3 cm³/mol. The Labute approximate surface area is 103 Å². The van der Waals surface area contributed by atoms with Crippen molar-refractivity contribution in [2.75, 3.05) is 5.73 Å². The molecule has 1 amide bonds. The number of unbranched alkanes of at least 4 members (excludes halogenated alkanes) is 1. The average Bonchev–Trinajstić information content (AvgIpc) is 2.77. The molecule has 0 bridgehead atoms. The lowest BCUT2D eigenvalue weighted by atomic mass is 10.3. The van der Waals surface area contributed by atoms with Crippen molar-refractivity contribution in [1.29, 1.82) is 0 Å². The molecule has 2 aromatic rings. The van der Waals surface area contributed by atoms with Gasteiger partial charge in [-0.3, -0.25) is 10.2 Å². The van der Waals surface area contributed by atoms with Crippen LogP contribution in [0.1, 0.15) is 30.3 Å². The molecule has 96 valence electrons. The Hall–Kier alpha value is -2.22. The van der Waals surface area contributed by atoms with Crippen molar-refractivity contribution in [3.8, 4) is 0 Å². The smallest absolute Gasteiger partial charge is 0.284 e. The molecule has 0 unspecified atom stereocenters. The van der Waals surface area contributed by atoms with Gasteiger partial charge in [0.05, 0.1) is 11.6 Å². The highest BCUT2D eigenvalue weighted by molar-refractivity contribution is 6.03. The van der Waals surface area contributed by atoms with Gasteiger partial charge in [-0.2, -0.15) is 10.1 Å². The maximum Gasteiger partial charge on any atom is 0.284 e. The van der Waals surface area contributed by atoms with E-state index in [2.05, 4.69) is 22.0 Å². The molecule has 0 saturated carbocycles. The SMILES string of the molecule is CCCCn1ncc2c(C(=O)NN)nc(N)nc21. The third kappa shape index (κ3) is 2.09. The maximum absolute atomic E-state index is 11.6. The summed E-state index contributed by atoms with van der Waals surface area (Å²) in [5, 5.41) is 4.73. The molecule has 18 heavy (non-hydrogen) atoms. The summed E-state index contributed by atoms with van der Waals surface area (Å²) in [6.07, 6.45) is 3.56. The van der Waals surface area contributed by atoms with Crippen molar-refractivity contribution in [3.05, 3.63) is 11.9 Å². The van der Waals surface area contributed by atoms with Crippen molar-refractivity contribution in [2.24, 2.45) is 5.84 Å². The number of rotatable bonds is 4. The van der Waals surface area contributed by atoms with E-state index in [0.717, 1.165) is 19.4 Å². The van der Waals surface area contributed by atoms with Crippen LogP contribution in [0.25, 0.3) is 11.0 Å². The van der Waals surface area contributed by atoms with E-state index < -0.39 is 5.91 Å². The van der Waals surface area contributed by atoms with Gasteiger partial charge in [-0.1, -0.05) is 13.3 Å². The quantitative estimate of drug-likeness (QED) is 0.392. The lowest BCUT2D eigenvalue weighted by molar-refractivity contribution is 0.0950. The van der Waals surface area contributed by atoms with Gasteiger partial charge in [0.25, 0.3) is 5.91 Å². The monoisotopic (exact) mass is 249 g/mol. The number of fused-ring (bicyclic) bond motifs is 1. The van der Waals surface area contributed by atoms with Crippen LogP contribution in [0.5, 0.6) is 0 Å². The molecule has 0 aliphatic carbocycles. The largest absolute Gasteiger partial charge is 0.368 e. The van der Waals surface area contributed by atoms with Crippen LogP contribution in [-0.2, 0) is 6.54 Å². The summed E-state index contributed by atoms with van der Waals surface area (Å²) < 4.78 is 1.71. The number of hydrazine groups is 1. The van der Waals surface area contributed by atoms with E-state index in [9.17, 15) is 4.79 Å². The van der Waals surface area contributed by atoms with Gasteiger partial charge in [0.1, 0.15) is 5.69 Å². The number of amides is 1. The van der Waals surface area contributed by atoms with Crippen LogP contribution in [-0.4, -0.2) is 25.7 Å². The Morgan fingerprint density at radius 3 is 2.94 bits per heavy atom. The summed E-state index contributed by atoms with van der Waals surface area (Å²) in [7, 11) is 0. The molecule has 8 nitrogen and oxygen atoms in total. The van der Waals surface area contributed by atoms with E-state index in [1.54, 1.807) is 10.9 Å². The lowest BCUT2D eigenvalue weighted by Gasteiger charge is -2.04. The number of hydrogen-bond acceptors (Lipinski definition) is 6. The second-order valence-electron chi connectivity index (χ2n) is 3.86. The number of carbonyl (C=O) groups excluding carboxylic acids is 1. The fourth-order valence-corrected chi connectivity index (χ4v) is 1.69. The summed E-state index contributed by atoms with van der Waals surface area (Å²) in [5.74, 6) is 4.62. The Bertz CT molecular complexity index is 577. The second-order valence-corrected chi connectivity index (χ2v) is 3.86. The summed E-state index contributed by atoms with van der Waals surface area (Å²) in [5.41, 5.74) is 8.31. The number of nitrogens with zero attached hydrogens (tertiary/aromatic N) is 4. The first kappa shape index (κ1) is 12.2. The normalized spacial score (nSPS) is 10.8. The molecule has 0 aliphatic rings. The molecule has 8 heteroatoms. The number of nitrogens with two attached hydrogens (primary N) is 2. The number of nitrogens with one attached hydrogen (secondary N) is 1. The number of hydrogen-bond donors (Lipinski definition) is 3. The summed E-state index contributed by atoms with van der Waals surface area (Å²) in [4.78, 5) is 19.6. The van der Waals surface area contributed by atoms with E-state index >= 15 is 0 Å². The van der Waals surface area contributed by atoms with E-state index in [1.165, 1.54) is 0 Å². The third-order valence-corrected chi connectivity index (χ3v) is 2.58. The van der Waals surface area contributed by atoms with Gasteiger partial charge in [0.2, 0.25) is 5.95 Å². The molecule has 2 heterocycles. The molecule has 0 radical (unpaired) electrons. The van der Waals surface area contributed by atoms with Crippen LogP contribution in [0, 0.1) is 0 Å². The number of nitrogen functional groups attached to an aromatic ring is 2. The molecule has 0 saturated heterocycles. The molecule has 5 N–H and O–H groups in total. The first-order chi connectivity index (χ1) is 8.67. The van der Waals surface area contributed by atoms with Crippen LogP contribution >= 0.6 is 0 Å². The third-order valence-electron chi connectivity index (χ3n) is 2.58. The molecule has 0 aliphatic heterocycles. The minimum absolute atomic E-state index is 0.0272. The molecule has 0 aromatic carbocycles. The second kappa shape index (κ2) is 4.96. The van der Waals surface area contributed by atoms with Crippen molar-refractivity contribution in [1.82, 2.24) is 25.2 Å². The van der Waals surface area contributed by atoms with Crippen LogP contribution in [0.4, 0.5) is 5.95 Å². The fourth-order valence-electron chi connectivity index (χ4n) is 1.69. The zero-order valence-corrected chi connectivity index (χ0v) is 10.1. The van der Waals surface area contributed by atoms with Crippen molar-refractivity contribution in [3.63, 3.8) is 0 Å². The highest BCUT2D eigenvalue weighted by Gasteiger charge is 2.16. The number of aromatic nitrogens is 4. The number of aryl methyl sites for hydroxylation is 1. The van der Waals surface area contributed by atoms with Crippen LogP contribution < -0.4 is 17.0 Å². The summed E-state index contributed by atoms with van der Waals surface area (Å²) in [6.45, 7) is 2.81. The minimum Gasteiger partial charge on any atom is -0.368 e. The first-order valence-electron chi connectivity index (χ1n) is 5.67. The zero-order valence-electron chi connectivity index (χ0n) is 10.1. The fraction of sp³-hybridized carbons (Fsp3) is 0.400. The molecular weight excluding hydrogens is 234 g/mol. The summed E-state index contributed by atoms with van der Waals surface area (Å²) in [6, 6.07) is 0. The van der Waals surface area contributed by atoms with E-state index in [-0.39, 0.29) is 11.6 Å². The van der Waals surface area contributed by atoms with E-state index in [0.29, 0.717) is 11.0 Å². The molecule has 2 rings (SSSR count). The zero-order chi connectivity index (χ0) is 13.1. The Morgan fingerprint density at radius 1 is 1.50 bits per heavy atom. The van der Waals surface area contributed by atoms with Crippen LogP contribution in [0.3, 0.4) is 0 Å². The highest BCUT2D eigenvalue weighted by Crippen LogP contribution is 2.16. The first-order valence-corrected chi connectivity index (χ1v) is 5.67. The van der Waals surface area contributed by atoms with Crippen molar-refractivity contribution in [2.45, 2.75) is 26.3 Å². The Balaban J connectivity index is 2.54. The molecule has 0 atom stereocenters. The number of anilines is 1. The maximum atomic E-state index is 11.6. The minimum atomic E-state index is -0.510.